The number of methoxy groups -OCH3 is 2. The predicted octanol–water partition coefficient (Wildman–Crippen LogP) is 3.53. The van der Waals surface area contributed by atoms with Crippen molar-refractivity contribution >= 4 is 5.97 Å². The molecular weight excluding hydrogens is 318 g/mol. The summed E-state index contributed by atoms with van der Waals surface area (Å²) in [5.74, 6) is -0.216. The number of carbonyl (C=O) groups is 1. The fourth-order valence-corrected chi connectivity index (χ4v) is 3.85. The first-order valence-corrected chi connectivity index (χ1v) is 8.41. The van der Waals surface area contributed by atoms with Gasteiger partial charge in [-0.1, -0.05) is 30.3 Å². The van der Waals surface area contributed by atoms with E-state index in [1.807, 2.05) is 42.5 Å². The normalized spacial score (nSPS) is 26.2. The van der Waals surface area contributed by atoms with Gasteiger partial charge in [0.05, 0.1) is 18.1 Å². The summed E-state index contributed by atoms with van der Waals surface area (Å²) in [4.78, 5) is 16.4. The summed E-state index contributed by atoms with van der Waals surface area (Å²) in [6.07, 6.45) is 4.05. The molecule has 1 N–H and O–H groups in total. The highest BCUT2D eigenvalue weighted by Crippen LogP contribution is 2.49. The number of ether oxygens (including phenoxy) is 2. The van der Waals surface area contributed by atoms with Gasteiger partial charge in [0, 0.05) is 24.9 Å². The third-order valence-electron chi connectivity index (χ3n) is 5.51. The Hall–Kier alpha value is -2.40. The highest BCUT2D eigenvalue weighted by atomic mass is 16.5. The van der Waals surface area contributed by atoms with E-state index >= 15 is 0 Å². The van der Waals surface area contributed by atoms with Crippen LogP contribution >= 0.6 is 0 Å². The van der Waals surface area contributed by atoms with Crippen LogP contribution in [0.3, 0.4) is 0 Å². The van der Waals surface area contributed by atoms with E-state index in [4.69, 9.17) is 9.47 Å². The van der Waals surface area contributed by atoms with Gasteiger partial charge < -0.3 is 14.6 Å². The smallest absolute Gasteiger partial charge is 0.314 e. The van der Waals surface area contributed by atoms with Crippen molar-refractivity contribution in [2.75, 3.05) is 14.2 Å². The van der Waals surface area contributed by atoms with Crippen molar-refractivity contribution in [3.05, 3.63) is 59.8 Å². The van der Waals surface area contributed by atoms with Crippen molar-refractivity contribution in [1.29, 1.82) is 0 Å². The summed E-state index contributed by atoms with van der Waals surface area (Å²) < 4.78 is 11.0. The zero-order valence-electron chi connectivity index (χ0n) is 14.6. The molecule has 1 aliphatic carbocycles. The number of rotatable bonds is 5. The Balaban J connectivity index is 1.90. The monoisotopic (exact) mass is 341 g/mol. The highest BCUT2D eigenvalue weighted by molar-refractivity contribution is 5.81. The number of benzene rings is 1. The summed E-state index contributed by atoms with van der Waals surface area (Å²) in [7, 11) is 3.26. The topological polar surface area (TPSA) is 68.7 Å². The molecule has 0 amide bonds. The van der Waals surface area contributed by atoms with Gasteiger partial charge in [-0.3, -0.25) is 4.79 Å². The molecule has 0 unspecified atom stereocenters. The molecule has 1 fully saturated rings. The van der Waals surface area contributed by atoms with Crippen molar-refractivity contribution in [3.63, 3.8) is 0 Å². The highest BCUT2D eigenvalue weighted by Gasteiger charge is 2.49. The van der Waals surface area contributed by atoms with Gasteiger partial charge in [0.15, 0.2) is 0 Å². The standard InChI is InChI=1S/C20H23NO4/c1-24-17-9-8-16(14-21-17)20(25-2)12-10-19(11-13-20,18(22)23)15-6-4-3-5-7-15/h3-9,14H,10-13H2,1-2H3,(H,22,23). The van der Waals surface area contributed by atoms with Gasteiger partial charge in [-0.05, 0) is 37.3 Å². The van der Waals surface area contributed by atoms with E-state index in [2.05, 4.69) is 4.98 Å². The maximum atomic E-state index is 12.1. The number of carboxylic acid groups (broad SMARTS) is 1. The Bertz CT molecular complexity index is 719. The van der Waals surface area contributed by atoms with Crippen LogP contribution < -0.4 is 4.74 Å². The zero-order valence-corrected chi connectivity index (χ0v) is 14.6. The Morgan fingerprint density at radius 1 is 1.00 bits per heavy atom. The molecule has 1 heterocycles. The van der Waals surface area contributed by atoms with E-state index in [1.165, 1.54) is 0 Å². The number of carboxylic acids is 1. The lowest BCUT2D eigenvalue weighted by Gasteiger charge is -2.44. The fourth-order valence-electron chi connectivity index (χ4n) is 3.85. The Kier molecular flexibility index (Phi) is 4.77. The lowest BCUT2D eigenvalue weighted by Crippen LogP contribution is -2.45. The molecule has 3 rings (SSSR count). The number of aromatic nitrogens is 1. The van der Waals surface area contributed by atoms with Crippen LogP contribution in [0.5, 0.6) is 5.88 Å². The van der Waals surface area contributed by atoms with Crippen molar-refractivity contribution < 1.29 is 19.4 Å². The maximum absolute atomic E-state index is 12.1. The number of hydrogen-bond acceptors (Lipinski definition) is 4. The lowest BCUT2D eigenvalue weighted by molar-refractivity contribution is -0.149. The number of pyridine rings is 1. The summed E-state index contributed by atoms with van der Waals surface area (Å²) in [5, 5.41) is 9.95. The Labute approximate surface area is 147 Å². The van der Waals surface area contributed by atoms with Gasteiger partial charge >= 0.3 is 5.97 Å². The van der Waals surface area contributed by atoms with Crippen LogP contribution in [0.1, 0.15) is 36.8 Å². The first kappa shape index (κ1) is 17.4. The zero-order chi connectivity index (χ0) is 17.9. The fraction of sp³-hybridized carbons (Fsp3) is 0.400. The minimum Gasteiger partial charge on any atom is -0.481 e. The van der Waals surface area contributed by atoms with Crippen LogP contribution in [-0.2, 0) is 20.5 Å². The number of hydrogen-bond donors (Lipinski definition) is 1. The lowest BCUT2D eigenvalue weighted by atomic mass is 9.64. The maximum Gasteiger partial charge on any atom is 0.314 e. The summed E-state index contributed by atoms with van der Waals surface area (Å²) >= 11 is 0. The molecule has 1 aromatic heterocycles. The second-order valence-corrected chi connectivity index (χ2v) is 6.54. The minimum absolute atomic E-state index is 0.507. The van der Waals surface area contributed by atoms with Crippen molar-refractivity contribution in [3.8, 4) is 5.88 Å². The average molecular weight is 341 g/mol. The molecule has 0 bridgehead atoms. The van der Waals surface area contributed by atoms with E-state index < -0.39 is 17.0 Å². The first-order chi connectivity index (χ1) is 12.1. The van der Waals surface area contributed by atoms with E-state index in [9.17, 15) is 9.90 Å². The van der Waals surface area contributed by atoms with Crippen LogP contribution in [0, 0.1) is 0 Å². The van der Waals surface area contributed by atoms with Crippen molar-refractivity contribution in [2.45, 2.75) is 36.7 Å². The van der Waals surface area contributed by atoms with Gasteiger partial charge in [0.2, 0.25) is 5.88 Å². The van der Waals surface area contributed by atoms with Gasteiger partial charge in [-0.2, -0.15) is 0 Å². The molecule has 1 saturated carbocycles. The molecule has 0 saturated heterocycles. The van der Waals surface area contributed by atoms with Crippen molar-refractivity contribution in [2.24, 2.45) is 0 Å². The third-order valence-corrected chi connectivity index (χ3v) is 5.51. The second kappa shape index (κ2) is 6.84. The number of nitrogens with zero attached hydrogens (tertiary/aromatic N) is 1. The molecule has 2 aromatic rings. The molecule has 0 radical (unpaired) electrons. The van der Waals surface area contributed by atoms with Gasteiger partial charge in [-0.25, -0.2) is 4.98 Å². The predicted molar refractivity (Wildman–Crippen MR) is 93.7 cm³/mol. The molecule has 0 atom stereocenters. The molecular formula is C20H23NO4. The van der Waals surface area contributed by atoms with E-state index in [0.717, 1.165) is 11.1 Å². The average Bonchev–Trinajstić information content (AvgIpc) is 2.68. The van der Waals surface area contributed by atoms with Crippen LogP contribution in [0.2, 0.25) is 0 Å². The van der Waals surface area contributed by atoms with Crippen LogP contribution in [-0.4, -0.2) is 30.3 Å². The second-order valence-electron chi connectivity index (χ2n) is 6.54. The minimum atomic E-state index is -0.858. The summed E-state index contributed by atoms with van der Waals surface area (Å²) in [6.45, 7) is 0. The van der Waals surface area contributed by atoms with E-state index in [-0.39, 0.29) is 0 Å². The van der Waals surface area contributed by atoms with Gasteiger partial charge in [-0.15, -0.1) is 0 Å². The SMILES string of the molecule is COc1ccc(C2(OC)CCC(C(=O)O)(c3ccccc3)CC2)cn1. The van der Waals surface area contributed by atoms with Gasteiger partial charge in [0.1, 0.15) is 0 Å². The third kappa shape index (κ3) is 3.00. The molecule has 1 aliphatic rings. The Morgan fingerprint density at radius 3 is 2.16 bits per heavy atom. The van der Waals surface area contributed by atoms with Crippen LogP contribution in [0.4, 0.5) is 0 Å². The van der Waals surface area contributed by atoms with Crippen LogP contribution in [0.25, 0.3) is 0 Å². The molecule has 1 aromatic carbocycles. The van der Waals surface area contributed by atoms with E-state index in [0.29, 0.717) is 31.6 Å². The quantitative estimate of drug-likeness (QED) is 0.901. The molecule has 0 spiro atoms. The molecule has 5 heteroatoms. The molecule has 5 nitrogen and oxygen atoms in total. The number of aliphatic carboxylic acids is 1. The summed E-state index contributed by atoms with van der Waals surface area (Å²) in [5.41, 5.74) is 0.457. The van der Waals surface area contributed by atoms with Crippen molar-refractivity contribution in [1.82, 2.24) is 4.98 Å². The first-order valence-electron chi connectivity index (χ1n) is 8.41. The largest absolute Gasteiger partial charge is 0.481 e. The summed E-state index contributed by atoms with van der Waals surface area (Å²) in [6, 6.07) is 13.3. The molecule has 25 heavy (non-hydrogen) atoms. The Morgan fingerprint density at radius 2 is 1.68 bits per heavy atom. The molecule has 132 valence electrons. The van der Waals surface area contributed by atoms with E-state index in [1.54, 1.807) is 20.4 Å². The van der Waals surface area contributed by atoms with Gasteiger partial charge in [0.25, 0.3) is 0 Å². The van der Waals surface area contributed by atoms with Crippen LogP contribution in [0.15, 0.2) is 48.7 Å². The molecule has 0 aliphatic heterocycles.